The van der Waals surface area contributed by atoms with E-state index in [0.29, 0.717) is 11.5 Å². The average molecular weight is 310 g/mol. The quantitative estimate of drug-likeness (QED) is 0.898. The Balaban J connectivity index is 1.39. The third-order valence-corrected chi connectivity index (χ3v) is 7.14. The van der Waals surface area contributed by atoms with Crippen molar-refractivity contribution in [2.24, 2.45) is 5.41 Å². The van der Waals surface area contributed by atoms with E-state index in [1.807, 2.05) is 0 Å². The summed E-state index contributed by atoms with van der Waals surface area (Å²) < 4.78 is 0. The van der Waals surface area contributed by atoms with Gasteiger partial charge in [0.2, 0.25) is 0 Å². The Labute approximate surface area is 140 Å². The van der Waals surface area contributed by atoms with Crippen LogP contribution in [0.3, 0.4) is 0 Å². The highest BCUT2D eigenvalue weighted by Crippen LogP contribution is 2.50. The summed E-state index contributed by atoms with van der Waals surface area (Å²) in [6.45, 7) is 3.86. The zero-order valence-electron chi connectivity index (χ0n) is 14.3. The van der Waals surface area contributed by atoms with Crippen LogP contribution in [-0.4, -0.2) is 30.6 Å². The zero-order chi connectivity index (χ0) is 15.3. The van der Waals surface area contributed by atoms with Gasteiger partial charge in [-0.3, -0.25) is 4.90 Å². The van der Waals surface area contributed by atoms with Crippen LogP contribution in [0.5, 0.6) is 0 Å². The first kappa shape index (κ1) is 14.5. The molecule has 0 aromatic heterocycles. The van der Waals surface area contributed by atoms with Crippen LogP contribution in [0.25, 0.3) is 0 Å². The summed E-state index contributed by atoms with van der Waals surface area (Å²) in [5.41, 5.74) is 4.01. The predicted molar refractivity (Wildman–Crippen MR) is 94.7 cm³/mol. The van der Waals surface area contributed by atoms with Gasteiger partial charge in [-0.1, -0.05) is 24.3 Å². The molecule has 5 rings (SSSR count). The van der Waals surface area contributed by atoms with E-state index in [2.05, 4.69) is 34.5 Å². The van der Waals surface area contributed by atoms with Crippen molar-refractivity contribution in [3.63, 3.8) is 0 Å². The van der Waals surface area contributed by atoms with Gasteiger partial charge in [-0.05, 0) is 86.9 Å². The highest BCUT2D eigenvalue weighted by Gasteiger charge is 2.45. The molecule has 2 aliphatic heterocycles. The van der Waals surface area contributed by atoms with Crippen LogP contribution in [0.4, 0.5) is 0 Å². The van der Waals surface area contributed by atoms with Crippen LogP contribution in [0.1, 0.15) is 74.5 Å². The molecule has 3 atom stereocenters. The first-order valence-electron chi connectivity index (χ1n) is 9.90. The fourth-order valence-electron chi connectivity index (χ4n) is 5.78. The predicted octanol–water partition coefficient (Wildman–Crippen LogP) is 4.23. The standard InChI is InChI=1S/C21H30N2/c1-2-5-19(18(4-1)16-7-8-16)20-6-3-13-23(20)17-9-10-21(14-17)11-12-22-15-21/h1-2,4-5,16-17,20,22H,3,6-15H2/t17?,20-,21?/m0/s1. The van der Waals surface area contributed by atoms with Crippen molar-refractivity contribution in [1.82, 2.24) is 10.2 Å². The van der Waals surface area contributed by atoms with Crippen LogP contribution in [0.15, 0.2) is 24.3 Å². The highest BCUT2D eigenvalue weighted by atomic mass is 15.2. The van der Waals surface area contributed by atoms with Crippen LogP contribution in [0, 0.1) is 5.41 Å². The molecule has 4 fully saturated rings. The van der Waals surface area contributed by atoms with Crippen molar-refractivity contribution >= 4 is 0 Å². The lowest BCUT2D eigenvalue weighted by Gasteiger charge is -2.33. The maximum absolute atomic E-state index is 3.62. The second kappa shape index (κ2) is 5.60. The summed E-state index contributed by atoms with van der Waals surface area (Å²) in [6, 6.07) is 10.9. The van der Waals surface area contributed by atoms with Crippen LogP contribution in [0.2, 0.25) is 0 Å². The van der Waals surface area contributed by atoms with Gasteiger partial charge in [-0.25, -0.2) is 0 Å². The van der Waals surface area contributed by atoms with E-state index in [9.17, 15) is 0 Å². The SMILES string of the molecule is c1ccc([C@@H]2CCCN2C2CCC3(CCNC3)C2)c(C2CC2)c1. The Kier molecular flexibility index (Phi) is 3.52. The first-order chi connectivity index (χ1) is 11.3. The van der Waals surface area contributed by atoms with Crippen molar-refractivity contribution in [2.45, 2.75) is 69.4 Å². The van der Waals surface area contributed by atoms with Gasteiger partial charge in [0.25, 0.3) is 0 Å². The lowest BCUT2D eigenvalue weighted by Crippen LogP contribution is -2.34. The summed E-state index contributed by atoms with van der Waals surface area (Å²) in [7, 11) is 0. The number of rotatable bonds is 3. The Morgan fingerprint density at radius 3 is 2.65 bits per heavy atom. The molecule has 2 saturated heterocycles. The molecule has 23 heavy (non-hydrogen) atoms. The van der Waals surface area contributed by atoms with Gasteiger partial charge in [0.05, 0.1) is 0 Å². The third-order valence-electron chi connectivity index (χ3n) is 7.14. The first-order valence-corrected chi connectivity index (χ1v) is 9.90. The van der Waals surface area contributed by atoms with E-state index < -0.39 is 0 Å². The Bertz CT molecular complexity index is 571. The van der Waals surface area contributed by atoms with Crippen molar-refractivity contribution in [2.75, 3.05) is 19.6 Å². The Morgan fingerprint density at radius 1 is 1.00 bits per heavy atom. The number of hydrogen-bond acceptors (Lipinski definition) is 2. The summed E-state index contributed by atoms with van der Waals surface area (Å²) >= 11 is 0. The Hall–Kier alpha value is -0.860. The minimum absolute atomic E-state index is 0.647. The average Bonchev–Trinajstić information content (AvgIpc) is 3.01. The molecule has 2 aliphatic carbocycles. The number of benzene rings is 1. The maximum atomic E-state index is 3.62. The van der Waals surface area contributed by atoms with Crippen molar-refractivity contribution < 1.29 is 0 Å². The molecule has 2 nitrogen and oxygen atoms in total. The van der Waals surface area contributed by atoms with E-state index in [1.54, 1.807) is 11.1 Å². The molecule has 1 aromatic carbocycles. The van der Waals surface area contributed by atoms with Crippen molar-refractivity contribution in [3.05, 3.63) is 35.4 Å². The van der Waals surface area contributed by atoms with Gasteiger partial charge in [-0.2, -0.15) is 0 Å². The van der Waals surface area contributed by atoms with E-state index in [0.717, 1.165) is 12.0 Å². The summed E-state index contributed by atoms with van der Waals surface area (Å²) in [5, 5.41) is 3.62. The van der Waals surface area contributed by atoms with Crippen molar-refractivity contribution in [3.8, 4) is 0 Å². The molecule has 0 bridgehead atoms. The molecule has 1 spiro atoms. The number of likely N-dealkylation sites (tertiary alicyclic amines) is 1. The second-order valence-corrected chi connectivity index (χ2v) is 8.62. The van der Waals surface area contributed by atoms with Crippen molar-refractivity contribution in [1.29, 1.82) is 0 Å². The van der Waals surface area contributed by atoms with Gasteiger partial charge in [0.15, 0.2) is 0 Å². The lowest BCUT2D eigenvalue weighted by atomic mass is 9.85. The van der Waals surface area contributed by atoms with Crippen LogP contribution in [-0.2, 0) is 0 Å². The normalized spacial score (nSPS) is 37.9. The third kappa shape index (κ3) is 2.55. The van der Waals surface area contributed by atoms with Gasteiger partial charge in [-0.15, -0.1) is 0 Å². The maximum Gasteiger partial charge on any atom is 0.0354 e. The number of nitrogens with one attached hydrogen (secondary N) is 1. The smallest absolute Gasteiger partial charge is 0.0354 e. The molecule has 2 saturated carbocycles. The molecule has 0 amide bonds. The molecule has 2 unspecified atom stereocenters. The van der Waals surface area contributed by atoms with Gasteiger partial charge < -0.3 is 5.32 Å². The molecule has 4 aliphatic rings. The van der Waals surface area contributed by atoms with Gasteiger partial charge in [0.1, 0.15) is 0 Å². The largest absolute Gasteiger partial charge is 0.316 e. The van der Waals surface area contributed by atoms with E-state index in [4.69, 9.17) is 0 Å². The van der Waals surface area contributed by atoms with E-state index >= 15 is 0 Å². The van der Waals surface area contributed by atoms with Gasteiger partial charge in [0, 0.05) is 18.6 Å². The van der Waals surface area contributed by atoms with Gasteiger partial charge >= 0.3 is 0 Å². The lowest BCUT2D eigenvalue weighted by molar-refractivity contribution is 0.167. The molecule has 2 heterocycles. The zero-order valence-corrected chi connectivity index (χ0v) is 14.3. The molecule has 0 radical (unpaired) electrons. The fraction of sp³-hybridized carbons (Fsp3) is 0.714. The molecule has 124 valence electrons. The minimum Gasteiger partial charge on any atom is -0.316 e. The summed E-state index contributed by atoms with van der Waals surface area (Å²) in [5.74, 6) is 0.877. The highest BCUT2D eigenvalue weighted by molar-refractivity contribution is 5.36. The molecule has 1 N–H and O–H groups in total. The fourth-order valence-corrected chi connectivity index (χ4v) is 5.78. The summed E-state index contributed by atoms with van der Waals surface area (Å²) in [4.78, 5) is 2.91. The number of nitrogens with zero attached hydrogens (tertiary/aromatic N) is 1. The Morgan fingerprint density at radius 2 is 1.87 bits per heavy atom. The number of hydrogen-bond donors (Lipinski definition) is 1. The molecule has 2 heteroatoms. The van der Waals surface area contributed by atoms with Crippen LogP contribution < -0.4 is 5.32 Å². The summed E-state index contributed by atoms with van der Waals surface area (Å²) in [6.07, 6.45) is 11.4. The topological polar surface area (TPSA) is 15.3 Å². The van der Waals surface area contributed by atoms with E-state index in [1.165, 1.54) is 71.0 Å². The molecular formula is C21H30N2. The minimum atomic E-state index is 0.647. The van der Waals surface area contributed by atoms with E-state index in [-0.39, 0.29) is 0 Å². The second-order valence-electron chi connectivity index (χ2n) is 8.62. The monoisotopic (exact) mass is 310 g/mol. The van der Waals surface area contributed by atoms with Crippen LogP contribution >= 0.6 is 0 Å². The molecular weight excluding hydrogens is 280 g/mol. The molecule has 1 aromatic rings.